The Hall–Kier alpha value is -3.44. The van der Waals surface area contributed by atoms with Gasteiger partial charge in [0, 0.05) is 24.2 Å². The van der Waals surface area contributed by atoms with E-state index in [1.165, 1.54) is 35.7 Å². The molecule has 0 aliphatic carbocycles. The van der Waals surface area contributed by atoms with Gasteiger partial charge in [-0.1, -0.05) is 11.5 Å². The molecule has 0 radical (unpaired) electrons. The summed E-state index contributed by atoms with van der Waals surface area (Å²) in [5, 5.41) is 10.4. The maximum atomic E-state index is 13.0. The number of ether oxygens (including phenoxy) is 2. The SMILES string of the molecule is COc1ccc(-c2nnc(NC(=O)c3ccc(S(=O)(=O)N4CCCC[C@@H]4C)cc3)o2)c(OC)c1. The Morgan fingerprint density at radius 3 is 2.53 bits per heavy atom. The van der Waals surface area contributed by atoms with Crippen LogP contribution in [-0.2, 0) is 10.0 Å². The highest BCUT2D eigenvalue weighted by Crippen LogP contribution is 2.33. The molecule has 1 amide bonds. The number of anilines is 1. The highest BCUT2D eigenvalue weighted by Gasteiger charge is 2.31. The zero-order chi connectivity index (χ0) is 24.3. The average Bonchev–Trinajstić information content (AvgIpc) is 3.32. The van der Waals surface area contributed by atoms with Crippen molar-refractivity contribution in [3.8, 4) is 23.0 Å². The van der Waals surface area contributed by atoms with Crippen molar-refractivity contribution in [2.24, 2.45) is 0 Å². The second-order valence-corrected chi connectivity index (χ2v) is 9.81. The molecule has 1 N–H and O–H groups in total. The van der Waals surface area contributed by atoms with E-state index in [1.807, 2.05) is 6.92 Å². The molecule has 1 aliphatic rings. The maximum absolute atomic E-state index is 13.0. The average molecular weight is 487 g/mol. The molecule has 0 saturated carbocycles. The number of nitrogens with zero attached hydrogens (tertiary/aromatic N) is 3. The van der Waals surface area contributed by atoms with Gasteiger partial charge in [0.05, 0.1) is 24.7 Å². The van der Waals surface area contributed by atoms with E-state index in [9.17, 15) is 13.2 Å². The zero-order valence-corrected chi connectivity index (χ0v) is 20.0. The van der Waals surface area contributed by atoms with Crippen molar-refractivity contribution in [1.82, 2.24) is 14.5 Å². The van der Waals surface area contributed by atoms with Crippen molar-refractivity contribution in [2.45, 2.75) is 37.1 Å². The number of benzene rings is 2. The first-order valence-electron chi connectivity index (χ1n) is 10.8. The number of rotatable bonds is 7. The Labute approximate surface area is 197 Å². The van der Waals surface area contributed by atoms with Gasteiger partial charge in [0.15, 0.2) is 0 Å². The maximum Gasteiger partial charge on any atom is 0.322 e. The van der Waals surface area contributed by atoms with E-state index in [-0.39, 0.29) is 28.4 Å². The lowest BCUT2D eigenvalue weighted by Crippen LogP contribution is -2.41. The fourth-order valence-electron chi connectivity index (χ4n) is 3.87. The molecule has 1 fully saturated rings. The first-order valence-corrected chi connectivity index (χ1v) is 12.3. The molecule has 1 aliphatic heterocycles. The first kappa shape index (κ1) is 23.7. The van der Waals surface area contributed by atoms with Crippen molar-refractivity contribution < 1.29 is 27.1 Å². The number of hydrogen-bond donors (Lipinski definition) is 1. The number of hydrogen-bond acceptors (Lipinski definition) is 8. The third-order valence-corrected chi connectivity index (χ3v) is 7.78. The third kappa shape index (κ3) is 4.75. The molecule has 34 heavy (non-hydrogen) atoms. The predicted molar refractivity (Wildman–Crippen MR) is 124 cm³/mol. The smallest absolute Gasteiger partial charge is 0.322 e. The van der Waals surface area contributed by atoms with Gasteiger partial charge in [-0.2, -0.15) is 4.31 Å². The van der Waals surface area contributed by atoms with Crippen LogP contribution in [0.3, 0.4) is 0 Å². The molecule has 2 aromatic carbocycles. The Bertz CT molecular complexity index is 1270. The van der Waals surface area contributed by atoms with Gasteiger partial charge in [-0.25, -0.2) is 8.42 Å². The lowest BCUT2D eigenvalue weighted by molar-refractivity contribution is 0.102. The Kier molecular flexibility index (Phi) is 6.85. The molecule has 4 rings (SSSR count). The minimum atomic E-state index is -3.61. The van der Waals surface area contributed by atoms with E-state index in [4.69, 9.17) is 13.9 Å². The van der Waals surface area contributed by atoms with Gasteiger partial charge in [0.2, 0.25) is 10.0 Å². The molecular weight excluding hydrogens is 460 g/mol. The molecule has 10 nitrogen and oxygen atoms in total. The van der Waals surface area contributed by atoms with Crippen molar-refractivity contribution in [3.63, 3.8) is 0 Å². The predicted octanol–water partition coefficient (Wildman–Crippen LogP) is 3.57. The molecule has 11 heteroatoms. The van der Waals surface area contributed by atoms with Crippen molar-refractivity contribution >= 4 is 21.9 Å². The van der Waals surface area contributed by atoms with Crippen molar-refractivity contribution in [1.29, 1.82) is 0 Å². The fraction of sp³-hybridized carbons (Fsp3) is 0.348. The van der Waals surface area contributed by atoms with Gasteiger partial charge in [-0.15, -0.1) is 5.10 Å². The van der Waals surface area contributed by atoms with Crippen LogP contribution in [0, 0.1) is 0 Å². The van der Waals surface area contributed by atoms with Crippen LogP contribution in [0.4, 0.5) is 6.01 Å². The van der Waals surface area contributed by atoms with Crippen LogP contribution in [0.1, 0.15) is 36.5 Å². The first-order chi connectivity index (χ1) is 16.3. The molecule has 1 aromatic heterocycles. The van der Waals surface area contributed by atoms with Gasteiger partial charge in [-0.05, 0) is 56.2 Å². The Morgan fingerprint density at radius 2 is 1.85 bits per heavy atom. The summed E-state index contributed by atoms with van der Waals surface area (Å²) in [5.41, 5.74) is 0.797. The van der Waals surface area contributed by atoms with Crippen LogP contribution < -0.4 is 14.8 Å². The number of nitrogens with one attached hydrogen (secondary N) is 1. The molecule has 180 valence electrons. The molecule has 0 spiro atoms. The van der Waals surface area contributed by atoms with E-state index in [2.05, 4.69) is 15.5 Å². The molecule has 3 aromatic rings. The summed E-state index contributed by atoms with van der Waals surface area (Å²) in [7, 11) is -0.558. The summed E-state index contributed by atoms with van der Waals surface area (Å²) < 4.78 is 43.6. The van der Waals surface area contributed by atoms with Crippen LogP contribution >= 0.6 is 0 Å². The highest BCUT2D eigenvalue weighted by atomic mass is 32.2. The van der Waals surface area contributed by atoms with Gasteiger partial charge in [-0.3, -0.25) is 10.1 Å². The minimum absolute atomic E-state index is 0.0437. The number of sulfonamides is 1. The number of carbonyl (C=O) groups is 1. The highest BCUT2D eigenvalue weighted by molar-refractivity contribution is 7.89. The number of piperidine rings is 1. The summed E-state index contributed by atoms with van der Waals surface area (Å²) in [5.74, 6) is 0.730. The molecule has 1 saturated heterocycles. The number of amides is 1. The standard InChI is InChI=1S/C23H26N4O6S/c1-15-6-4-5-13-27(15)34(29,30)18-10-7-16(8-11-18)21(28)24-23-26-25-22(33-23)19-12-9-17(31-2)14-20(19)32-3/h7-12,14-15H,4-6,13H2,1-3H3,(H,24,26,28)/t15-/m0/s1. The van der Waals surface area contributed by atoms with Gasteiger partial charge < -0.3 is 13.9 Å². The lowest BCUT2D eigenvalue weighted by Gasteiger charge is -2.32. The largest absolute Gasteiger partial charge is 0.497 e. The van der Waals surface area contributed by atoms with Crippen molar-refractivity contribution in [2.75, 3.05) is 26.1 Å². The number of methoxy groups -OCH3 is 2. The lowest BCUT2D eigenvalue weighted by atomic mass is 10.1. The summed E-state index contributed by atoms with van der Waals surface area (Å²) in [6, 6.07) is 10.8. The van der Waals surface area contributed by atoms with Crippen LogP contribution in [0.25, 0.3) is 11.5 Å². The summed E-state index contributed by atoms with van der Waals surface area (Å²) >= 11 is 0. The number of aromatic nitrogens is 2. The van der Waals surface area contributed by atoms with Gasteiger partial charge >= 0.3 is 6.01 Å². The molecule has 1 atom stereocenters. The van der Waals surface area contributed by atoms with Gasteiger partial charge in [0.1, 0.15) is 11.5 Å². The quantitative estimate of drug-likeness (QED) is 0.538. The van der Waals surface area contributed by atoms with Crippen LogP contribution in [-0.4, -0.2) is 55.6 Å². The van der Waals surface area contributed by atoms with E-state index in [0.717, 1.165) is 19.3 Å². The Balaban J connectivity index is 1.47. The van der Waals surface area contributed by atoms with Crippen LogP contribution in [0.5, 0.6) is 11.5 Å². The van der Waals surface area contributed by atoms with Crippen LogP contribution in [0.2, 0.25) is 0 Å². The van der Waals surface area contributed by atoms with E-state index >= 15 is 0 Å². The molecular formula is C23H26N4O6S. The fourth-order valence-corrected chi connectivity index (χ4v) is 5.57. The van der Waals surface area contributed by atoms with Gasteiger partial charge in [0.25, 0.3) is 11.8 Å². The topological polar surface area (TPSA) is 124 Å². The Morgan fingerprint density at radius 1 is 1.09 bits per heavy atom. The number of carbonyl (C=O) groups excluding carboxylic acids is 1. The molecule has 0 unspecified atom stereocenters. The third-order valence-electron chi connectivity index (χ3n) is 5.75. The molecule has 2 heterocycles. The van der Waals surface area contributed by atoms with Crippen molar-refractivity contribution in [3.05, 3.63) is 48.0 Å². The monoisotopic (exact) mass is 486 g/mol. The molecule has 0 bridgehead atoms. The minimum Gasteiger partial charge on any atom is -0.497 e. The van der Waals surface area contributed by atoms with E-state index in [1.54, 1.807) is 25.3 Å². The zero-order valence-electron chi connectivity index (χ0n) is 19.1. The summed E-state index contributed by atoms with van der Waals surface area (Å²) in [6.45, 7) is 2.42. The van der Waals surface area contributed by atoms with Crippen LogP contribution in [0.15, 0.2) is 51.8 Å². The second-order valence-electron chi connectivity index (χ2n) is 7.92. The van der Waals surface area contributed by atoms with E-state index in [0.29, 0.717) is 23.6 Å². The van der Waals surface area contributed by atoms with E-state index < -0.39 is 15.9 Å². The normalized spacial score (nSPS) is 16.7. The second kappa shape index (κ2) is 9.82. The summed E-state index contributed by atoms with van der Waals surface area (Å²) in [6.07, 6.45) is 2.71. The summed E-state index contributed by atoms with van der Waals surface area (Å²) in [4.78, 5) is 12.8.